The van der Waals surface area contributed by atoms with Gasteiger partial charge in [-0.3, -0.25) is 4.79 Å². The average Bonchev–Trinajstić information content (AvgIpc) is 2.68. The van der Waals surface area contributed by atoms with E-state index in [-0.39, 0.29) is 22.9 Å². The highest BCUT2D eigenvalue weighted by molar-refractivity contribution is 7.89. The maximum absolute atomic E-state index is 12.9. The Morgan fingerprint density at radius 3 is 2.57 bits per heavy atom. The third-order valence-corrected chi connectivity index (χ3v) is 6.72. The second kappa shape index (κ2) is 8.52. The van der Waals surface area contributed by atoms with Gasteiger partial charge in [-0.25, -0.2) is 8.42 Å². The van der Waals surface area contributed by atoms with E-state index in [0.717, 1.165) is 16.2 Å². The number of aryl methyl sites for hydroxylation is 1. The predicted molar refractivity (Wildman–Crippen MR) is 105 cm³/mol. The molecule has 0 bridgehead atoms. The van der Waals surface area contributed by atoms with E-state index >= 15 is 0 Å². The summed E-state index contributed by atoms with van der Waals surface area (Å²) in [4.78, 5) is 13.3. The molecule has 0 unspecified atom stereocenters. The summed E-state index contributed by atoms with van der Waals surface area (Å²) in [6.07, 6.45) is 0. The normalized spacial score (nSPS) is 15.7. The summed E-state index contributed by atoms with van der Waals surface area (Å²) in [6, 6.07) is 15.8. The lowest BCUT2D eigenvalue weighted by atomic mass is 10.2. The lowest BCUT2D eigenvalue weighted by Gasteiger charge is -2.31. The quantitative estimate of drug-likeness (QED) is 0.761. The maximum atomic E-state index is 12.9. The number of nitrogens with one attached hydrogen (secondary N) is 2. The Bertz CT molecular complexity index is 1010. The van der Waals surface area contributed by atoms with Crippen molar-refractivity contribution in [2.24, 2.45) is 0 Å². The minimum atomic E-state index is -3.71. The molecule has 0 aromatic heterocycles. The second-order valence-electron chi connectivity index (χ2n) is 6.86. The molecule has 1 fully saturated rings. The summed E-state index contributed by atoms with van der Waals surface area (Å²) >= 11 is 0. The Morgan fingerprint density at radius 2 is 1.89 bits per heavy atom. The monoisotopic (exact) mass is 399 g/mol. The van der Waals surface area contributed by atoms with Crippen LogP contribution < -0.4 is 10.2 Å². The number of piperazine rings is 1. The van der Waals surface area contributed by atoms with E-state index in [1.165, 1.54) is 16.4 Å². The Balaban J connectivity index is 1.58. The van der Waals surface area contributed by atoms with Gasteiger partial charge in [0, 0.05) is 5.69 Å². The fraction of sp³-hybridized carbons (Fsp3) is 0.300. The second-order valence-corrected chi connectivity index (χ2v) is 8.76. The molecule has 146 valence electrons. The van der Waals surface area contributed by atoms with Crippen LogP contribution in [0.3, 0.4) is 0 Å². The van der Waals surface area contributed by atoms with Crippen molar-refractivity contribution in [1.82, 2.24) is 4.31 Å². The SMILES string of the molecule is Cc1cccc(NC(=O)C[NH+]2CCN(S(=O)(=O)c3ccccc3C#N)CC2)c1. The number of hydrogen-bond acceptors (Lipinski definition) is 4. The van der Waals surface area contributed by atoms with E-state index in [1.807, 2.05) is 37.3 Å². The standard InChI is InChI=1S/C20H22N4O3S/c1-16-5-4-7-18(13-16)22-20(25)15-23-9-11-24(12-10-23)28(26,27)19-8-3-2-6-17(19)14-21/h2-8,13H,9-12,15H2,1H3,(H,22,25)/p+1. The molecule has 0 atom stereocenters. The summed E-state index contributed by atoms with van der Waals surface area (Å²) in [6.45, 7) is 3.95. The van der Waals surface area contributed by atoms with Crippen molar-refractivity contribution in [2.75, 3.05) is 38.0 Å². The zero-order chi connectivity index (χ0) is 20.1. The number of anilines is 1. The number of amides is 1. The van der Waals surface area contributed by atoms with Gasteiger partial charge in [0.15, 0.2) is 6.54 Å². The van der Waals surface area contributed by atoms with E-state index < -0.39 is 10.0 Å². The van der Waals surface area contributed by atoms with E-state index in [9.17, 15) is 18.5 Å². The van der Waals surface area contributed by atoms with Gasteiger partial charge in [0.05, 0.1) is 36.6 Å². The van der Waals surface area contributed by atoms with Crippen LogP contribution in [0.1, 0.15) is 11.1 Å². The number of rotatable bonds is 5. The lowest BCUT2D eigenvalue weighted by molar-refractivity contribution is -0.895. The van der Waals surface area contributed by atoms with Gasteiger partial charge in [0.25, 0.3) is 5.91 Å². The minimum Gasteiger partial charge on any atom is -0.325 e. The highest BCUT2D eigenvalue weighted by Crippen LogP contribution is 2.19. The number of quaternary nitrogens is 1. The van der Waals surface area contributed by atoms with Gasteiger partial charge in [-0.15, -0.1) is 0 Å². The van der Waals surface area contributed by atoms with Crippen molar-refractivity contribution < 1.29 is 18.1 Å². The highest BCUT2D eigenvalue weighted by atomic mass is 32.2. The molecule has 1 aliphatic rings. The molecule has 2 aromatic rings. The summed E-state index contributed by atoms with van der Waals surface area (Å²) in [7, 11) is -3.71. The fourth-order valence-electron chi connectivity index (χ4n) is 3.30. The molecule has 3 rings (SSSR count). The van der Waals surface area contributed by atoms with Crippen LogP contribution in [-0.4, -0.2) is 51.4 Å². The molecule has 2 aromatic carbocycles. The van der Waals surface area contributed by atoms with Crippen LogP contribution in [0.5, 0.6) is 0 Å². The molecule has 1 amide bonds. The number of hydrogen-bond donors (Lipinski definition) is 2. The Labute approximate surface area is 165 Å². The minimum absolute atomic E-state index is 0.0399. The van der Waals surface area contributed by atoms with Gasteiger partial charge in [0.1, 0.15) is 6.07 Å². The number of benzene rings is 2. The fourth-order valence-corrected chi connectivity index (χ4v) is 4.88. The van der Waals surface area contributed by atoms with Gasteiger partial charge in [-0.05, 0) is 36.8 Å². The van der Waals surface area contributed by atoms with Crippen molar-refractivity contribution in [3.63, 3.8) is 0 Å². The molecule has 7 nitrogen and oxygen atoms in total. The molecule has 28 heavy (non-hydrogen) atoms. The van der Waals surface area contributed by atoms with Crippen LogP contribution >= 0.6 is 0 Å². The smallest absolute Gasteiger partial charge is 0.279 e. The lowest BCUT2D eigenvalue weighted by Crippen LogP contribution is -3.15. The van der Waals surface area contributed by atoms with Gasteiger partial charge in [-0.1, -0.05) is 24.3 Å². The molecule has 0 spiro atoms. The highest BCUT2D eigenvalue weighted by Gasteiger charge is 2.32. The first-order valence-corrected chi connectivity index (χ1v) is 10.5. The first-order chi connectivity index (χ1) is 13.4. The number of sulfonamides is 1. The van der Waals surface area contributed by atoms with Crippen molar-refractivity contribution >= 4 is 21.6 Å². The first kappa shape index (κ1) is 20.0. The van der Waals surface area contributed by atoms with E-state index in [4.69, 9.17) is 0 Å². The van der Waals surface area contributed by atoms with Crippen LogP contribution in [0.2, 0.25) is 0 Å². The molecular weight excluding hydrogens is 376 g/mol. The summed E-state index contributed by atoms with van der Waals surface area (Å²) < 4.78 is 27.1. The summed E-state index contributed by atoms with van der Waals surface area (Å²) in [5, 5.41) is 12.1. The molecule has 0 saturated carbocycles. The molecule has 1 saturated heterocycles. The third kappa shape index (κ3) is 4.57. The van der Waals surface area contributed by atoms with Crippen LogP contribution in [0.4, 0.5) is 5.69 Å². The van der Waals surface area contributed by atoms with Gasteiger partial charge < -0.3 is 10.2 Å². The molecule has 2 N–H and O–H groups in total. The Morgan fingerprint density at radius 1 is 1.18 bits per heavy atom. The zero-order valence-corrected chi connectivity index (χ0v) is 16.5. The topological polar surface area (TPSA) is 94.7 Å². The average molecular weight is 399 g/mol. The van der Waals surface area contributed by atoms with E-state index in [1.54, 1.807) is 12.1 Å². The number of nitriles is 1. The van der Waals surface area contributed by atoms with Crippen molar-refractivity contribution in [3.8, 4) is 6.07 Å². The van der Waals surface area contributed by atoms with Crippen molar-refractivity contribution in [3.05, 3.63) is 59.7 Å². The van der Waals surface area contributed by atoms with Gasteiger partial charge in [-0.2, -0.15) is 9.57 Å². The molecule has 0 radical (unpaired) electrons. The van der Waals surface area contributed by atoms with Gasteiger partial charge >= 0.3 is 0 Å². The predicted octanol–water partition coefficient (Wildman–Crippen LogP) is 0.395. The maximum Gasteiger partial charge on any atom is 0.279 e. The zero-order valence-electron chi connectivity index (χ0n) is 15.7. The third-order valence-electron chi connectivity index (χ3n) is 4.77. The molecule has 0 aliphatic carbocycles. The summed E-state index contributed by atoms with van der Waals surface area (Å²) in [5.41, 5.74) is 1.98. The Hall–Kier alpha value is -2.73. The number of carbonyl (C=O) groups is 1. The molecule has 1 aliphatic heterocycles. The van der Waals surface area contributed by atoms with Crippen LogP contribution in [0.25, 0.3) is 0 Å². The summed E-state index contributed by atoms with van der Waals surface area (Å²) in [5.74, 6) is -0.0910. The van der Waals surface area contributed by atoms with Gasteiger partial charge in [0.2, 0.25) is 10.0 Å². The van der Waals surface area contributed by atoms with E-state index in [0.29, 0.717) is 26.2 Å². The van der Waals surface area contributed by atoms with Crippen LogP contribution in [0, 0.1) is 18.3 Å². The van der Waals surface area contributed by atoms with Crippen molar-refractivity contribution in [2.45, 2.75) is 11.8 Å². The first-order valence-electron chi connectivity index (χ1n) is 9.09. The number of carbonyl (C=O) groups excluding carboxylic acids is 1. The molecule has 1 heterocycles. The molecular formula is C20H23N4O3S+. The Kier molecular flexibility index (Phi) is 6.09. The van der Waals surface area contributed by atoms with Crippen LogP contribution in [-0.2, 0) is 14.8 Å². The molecule has 8 heteroatoms. The van der Waals surface area contributed by atoms with Crippen molar-refractivity contribution in [1.29, 1.82) is 5.26 Å². The van der Waals surface area contributed by atoms with Crippen LogP contribution in [0.15, 0.2) is 53.4 Å². The number of nitrogens with zero attached hydrogens (tertiary/aromatic N) is 2. The van der Waals surface area contributed by atoms with E-state index in [2.05, 4.69) is 5.32 Å². The largest absolute Gasteiger partial charge is 0.325 e.